The highest BCUT2D eigenvalue weighted by Crippen LogP contribution is 2.28. The van der Waals surface area contributed by atoms with Crippen LogP contribution < -0.4 is 0 Å². The van der Waals surface area contributed by atoms with Gasteiger partial charge in [0.05, 0.1) is 0 Å². The van der Waals surface area contributed by atoms with Gasteiger partial charge >= 0.3 is 0 Å². The van der Waals surface area contributed by atoms with Gasteiger partial charge in [0, 0.05) is 8.75 Å². The van der Waals surface area contributed by atoms with Crippen LogP contribution in [0.3, 0.4) is 0 Å². The Balaban J connectivity index is 2.19. The summed E-state index contributed by atoms with van der Waals surface area (Å²) in [5.41, 5.74) is 0. The van der Waals surface area contributed by atoms with Gasteiger partial charge in [0.2, 0.25) is 0 Å². The fourth-order valence-electron chi connectivity index (χ4n) is 1.01. The van der Waals surface area contributed by atoms with Crippen molar-refractivity contribution in [1.29, 1.82) is 0 Å². The monoisotopic (exact) mass is 288 g/mol. The normalized spacial score (nSPS) is 39.8. The maximum atomic E-state index is 3.61. The fourth-order valence-corrected chi connectivity index (χ4v) is 2.26. The maximum Gasteiger partial charge on any atom is 0.0146 e. The minimum atomic E-state index is 0.827. The second kappa shape index (κ2) is 3.40. The molecular formula is C6H10BrI. The standard InChI is InChI=1S/C6H10BrI/c7-5-1-3-6(8)4-2-5/h5-6H,1-4H2. The topological polar surface area (TPSA) is 0 Å². The molecule has 1 aliphatic carbocycles. The van der Waals surface area contributed by atoms with Crippen molar-refractivity contribution in [2.45, 2.75) is 34.4 Å². The van der Waals surface area contributed by atoms with E-state index in [0.717, 1.165) is 8.75 Å². The molecule has 1 saturated carbocycles. The van der Waals surface area contributed by atoms with Crippen molar-refractivity contribution in [3.05, 3.63) is 0 Å². The Morgan fingerprint density at radius 2 is 1.62 bits per heavy atom. The van der Waals surface area contributed by atoms with Gasteiger partial charge in [-0.2, -0.15) is 0 Å². The molecule has 0 saturated heterocycles. The van der Waals surface area contributed by atoms with Gasteiger partial charge in [0.15, 0.2) is 0 Å². The fraction of sp³-hybridized carbons (Fsp3) is 1.00. The van der Waals surface area contributed by atoms with Crippen LogP contribution in [0.5, 0.6) is 0 Å². The van der Waals surface area contributed by atoms with Gasteiger partial charge in [-0.3, -0.25) is 0 Å². The molecule has 1 fully saturated rings. The van der Waals surface area contributed by atoms with E-state index in [9.17, 15) is 0 Å². The smallest absolute Gasteiger partial charge is 0.0146 e. The molecule has 2 heteroatoms. The third kappa shape index (κ3) is 2.21. The van der Waals surface area contributed by atoms with Crippen LogP contribution in [0.4, 0.5) is 0 Å². The molecule has 0 aromatic rings. The first kappa shape index (κ1) is 7.32. The predicted molar refractivity (Wildman–Crippen MR) is 49.0 cm³/mol. The van der Waals surface area contributed by atoms with Crippen LogP contribution in [-0.2, 0) is 0 Å². The van der Waals surface area contributed by atoms with E-state index in [1.807, 2.05) is 0 Å². The van der Waals surface area contributed by atoms with Gasteiger partial charge < -0.3 is 0 Å². The van der Waals surface area contributed by atoms with Crippen LogP contribution in [0.1, 0.15) is 25.7 Å². The minimum absolute atomic E-state index is 0.827. The van der Waals surface area contributed by atoms with Crippen LogP contribution in [0.25, 0.3) is 0 Å². The summed E-state index contributed by atoms with van der Waals surface area (Å²) in [6.07, 6.45) is 5.59. The van der Waals surface area contributed by atoms with E-state index in [0.29, 0.717) is 0 Å². The Morgan fingerprint density at radius 3 is 2.00 bits per heavy atom. The molecule has 0 spiro atoms. The first-order chi connectivity index (χ1) is 3.79. The molecule has 0 nitrogen and oxygen atoms in total. The van der Waals surface area contributed by atoms with Gasteiger partial charge in [0.25, 0.3) is 0 Å². The van der Waals surface area contributed by atoms with E-state index in [-0.39, 0.29) is 0 Å². The second-order valence-electron chi connectivity index (χ2n) is 2.35. The summed E-state index contributed by atoms with van der Waals surface area (Å²) in [5, 5.41) is 0. The van der Waals surface area contributed by atoms with E-state index in [2.05, 4.69) is 38.5 Å². The van der Waals surface area contributed by atoms with Crippen molar-refractivity contribution in [2.75, 3.05) is 0 Å². The van der Waals surface area contributed by atoms with Crippen molar-refractivity contribution in [1.82, 2.24) is 0 Å². The quantitative estimate of drug-likeness (QED) is 0.475. The largest absolute Gasteiger partial charge is 0.0891 e. The van der Waals surface area contributed by atoms with Gasteiger partial charge in [-0.25, -0.2) is 0 Å². The number of hydrogen-bond donors (Lipinski definition) is 0. The van der Waals surface area contributed by atoms with E-state index >= 15 is 0 Å². The van der Waals surface area contributed by atoms with E-state index < -0.39 is 0 Å². The number of hydrogen-bond acceptors (Lipinski definition) is 0. The molecule has 1 rings (SSSR count). The first-order valence-corrected chi connectivity index (χ1v) is 5.23. The molecule has 0 aromatic carbocycles. The van der Waals surface area contributed by atoms with E-state index in [1.54, 1.807) is 0 Å². The van der Waals surface area contributed by atoms with E-state index in [1.165, 1.54) is 25.7 Å². The van der Waals surface area contributed by atoms with Crippen LogP contribution >= 0.6 is 38.5 Å². The lowest BCUT2D eigenvalue weighted by Gasteiger charge is -2.19. The molecule has 0 atom stereocenters. The highest BCUT2D eigenvalue weighted by atomic mass is 127. The van der Waals surface area contributed by atoms with Gasteiger partial charge in [-0.05, 0) is 25.7 Å². The van der Waals surface area contributed by atoms with E-state index in [4.69, 9.17) is 0 Å². The molecule has 0 heterocycles. The zero-order valence-corrected chi connectivity index (χ0v) is 8.48. The lowest BCUT2D eigenvalue weighted by Crippen LogP contribution is -2.12. The summed E-state index contributed by atoms with van der Waals surface area (Å²) >= 11 is 6.16. The van der Waals surface area contributed by atoms with Crippen molar-refractivity contribution in [3.63, 3.8) is 0 Å². The Bertz CT molecular complexity index is 56.9. The Kier molecular flexibility index (Phi) is 3.11. The maximum absolute atomic E-state index is 3.61. The highest BCUT2D eigenvalue weighted by molar-refractivity contribution is 14.1. The van der Waals surface area contributed by atoms with Crippen LogP contribution in [0.15, 0.2) is 0 Å². The van der Waals surface area contributed by atoms with Crippen LogP contribution in [-0.4, -0.2) is 8.75 Å². The van der Waals surface area contributed by atoms with Crippen LogP contribution in [0, 0.1) is 0 Å². The number of halogens is 2. The van der Waals surface area contributed by atoms with Crippen LogP contribution in [0.2, 0.25) is 0 Å². The zero-order chi connectivity index (χ0) is 5.98. The SMILES string of the molecule is BrC1CCC(I)CC1. The summed E-state index contributed by atoms with van der Waals surface area (Å²) in [7, 11) is 0. The molecule has 0 N–H and O–H groups in total. The molecular weight excluding hydrogens is 279 g/mol. The average molecular weight is 289 g/mol. The molecule has 0 unspecified atom stereocenters. The molecule has 48 valence electrons. The Hall–Kier alpha value is 1.21. The molecule has 1 aliphatic rings. The Morgan fingerprint density at radius 1 is 1.12 bits per heavy atom. The molecule has 0 bridgehead atoms. The highest BCUT2D eigenvalue weighted by Gasteiger charge is 2.15. The minimum Gasteiger partial charge on any atom is -0.0891 e. The summed E-state index contributed by atoms with van der Waals surface area (Å²) in [6, 6.07) is 0. The van der Waals surface area contributed by atoms with Crippen molar-refractivity contribution in [2.24, 2.45) is 0 Å². The summed E-state index contributed by atoms with van der Waals surface area (Å²) in [6.45, 7) is 0. The summed E-state index contributed by atoms with van der Waals surface area (Å²) < 4.78 is 0.960. The second-order valence-corrected chi connectivity index (χ2v) is 5.41. The third-order valence-corrected chi connectivity index (χ3v) is 3.75. The molecule has 0 aromatic heterocycles. The number of alkyl halides is 2. The summed E-state index contributed by atoms with van der Waals surface area (Å²) in [4.78, 5) is 0.827. The van der Waals surface area contributed by atoms with Crippen molar-refractivity contribution < 1.29 is 0 Å². The molecule has 0 aliphatic heterocycles. The summed E-state index contributed by atoms with van der Waals surface area (Å²) in [5.74, 6) is 0. The Labute approximate surface area is 72.7 Å². The predicted octanol–water partition coefficient (Wildman–Crippen LogP) is 3.13. The average Bonchev–Trinajstić information content (AvgIpc) is 1.77. The molecule has 0 radical (unpaired) electrons. The third-order valence-electron chi connectivity index (χ3n) is 1.59. The van der Waals surface area contributed by atoms with Gasteiger partial charge in [-0.15, -0.1) is 0 Å². The van der Waals surface area contributed by atoms with Gasteiger partial charge in [0.1, 0.15) is 0 Å². The zero-order valence-electron chi connectivity index (χ0n) is 4.74. The lowest BCUT2D eigenvalue weighted by atomic mass is 10.0. The van der Waals surface area contributed by atoms with Crippen molar-refractivity contribution in [3.8, 4) is 0 Å². The van der Waals surface area contributed by atoms with Crippen molar-refractivity contribution >= 4 is 38.5 Å². The molecule has 8 heavy (non-hydrogen) atoms. The van der Waals surface area contributed by atoms with Gasteiger partial charge in [-0.1, -0.05) is 38.5 Å². The first-order valence-electron chi connectivity index (χ1n) is 3.07. The lowest BCUT2D eigenvalue weighted by molar-refractivity contribution is 0.546. The number of rotatable bonds is 0. The molecule has 0 amide bonds.